The van der Waals surface area contributed by atoms with Gasteiger partial charge in [-0.25, -0.2) is 0 Å². The number of phenolic OH excluding ortho intramolecular Hbond substituents is 1. The zero-order valence-electron chi connectivity index (χ0n) is 10.2. The van der Waals surface area contributed by atoms with Crippen LogP contribution in [0.3, 0.4) is 0 Å². The van der Waals surface area contributed by atoms with Crippen molar-refractivity contribution in [1.82, 2.24) is 0 Å². The van der Waals surface area contributed by atoms with Crippen LogP contribution in [0.4, 0.5) is 0 Å². The summed E-state index contributed by atoms with van der Waals surface area (Å²) < 4.78 is 4.93. The van der Waals surface area contributed by atoms with Gasteiger partial charge in [0.2, 0.25) is 0 Å². The average molecular weight is 254 g/mol. The summed E-state index contributed by atoms with van der Waals surface area (Å²) in [4.78, 5) is 11.3. The third-order valence-corrected chi connectivity index (χ3v) is 2.71. The zero-order valence-corrected chi connectivity index (χ0v) is 11.1. The Morgan fingerprint density at radius 1 is 1.35 bits per heavy atom. The van der Waals surface area contributed by atoms with Gasteiger partial charge in [0.25, 0.3) is 0 Å². The van der Waals surface area contributed by atoms with Crippen LogP contribution in [0, 0.1) is 13.8 Å². The van der Waals surface area contributed by atoms with Crippen molar-refractivity contribution in [1.29, 1.82) is 0 Å². The van der Waals surface area contributed by atoms with Gasteiger partial charge in [0, 0.05) is 12.2 Å². The molecule has 1 rings (SSSR count). The van der Waals surface area contributed by atoms with Gasteiger partial charge in [-0.2, -0.15) is 12.6 Å². The first-order valence-corrected chi connectivity index (χ1v) is 6.23. The molecule has 1 N–H and O–H groups in total. The average Bonchev–Trinajstić information content (AvgIpc) is 2.30. The Morgan fingerprint density at radius 3 is 2.47 bits per heavy atom. The molecule has 4 heteroatoms. The minimum atomic E-state index is -0.206. The number of phenols is 1. The largest absolute Gasteiger partial charge is 0.507 e. The van der Waals surface area contributed by atoms with Crippen molar-refractivity contribution < 1.29 is 14.6 Å². The van der Waals surface area contributed by atoms with Crippen LogP contribution in [-0.2, 0) is 16.0 Å². The number of carbonyl (C=O) groups is 1. The van der Waals surface area contributed by atoms with Gasteiger partial charge in [0.15, 0.2) is 0 Å². The Labute approximate surface area is 107 Å². The lowest BCUT2D eigenvalue weighted by atomic mass is 10.0. The lowest BCUT2D eigenvalue weighted by Crippen LogP contribution is -2.07. The Kier molecular flexibility index (Phi) is 5.35. The van der Waals surface area contributed by atoms with Gasteiger partial charge in [0.1, 0.15) is 12.4 Å². The molecule has 1 aromatic carbocycles. The summed E-state index contributed by atoms with van der Waals surface area (Å²) in [6, 6.07) is 3.79. The fourth-order valence-electron chi connectivity index (χ4n) is 1.67. The van der Waals surface area contributed by atoms with Crippen LogP contribution in [0.2, 0.25) is 0 Å². The first-order chi connectivity index (χ1) is 8.04. The van der Waals surface area contributed by atoms with E-state index in [4.69, 9.17) is 4.74 Å². The summed E-state index contributed by atoms with van der Waals surface area (Å²) in [5.41, 5.74) is 2.72. The number of rotatable bonds is 5. The van der Waals surface area contributed by atoms with E-state index in [0.717, 1.165) is 16.7 Å². The second-order valence-corrected chi connectivity index (χ2v) is 4.47. The summed E-state index contributed by atoms with van der Waals surface area (Å²) in [5.74, 6) is 0.664. The van der Waals surface area contributed by atoms with E-state index in [-0.39, 0.29) is 5.97 Å². The second kappa shape index (κ2) is 6.55. The van der Waals surface area contributed by atoms with E-state index < -0.39 is 0 Å². The molecule has 0 unspecified atom stereocenters. The number of hydrogen-bond donors (Lipinski definition) is 2. The van der Waals surface area contributed by atoms with Crippen LogP contribution >= 0.6 is 12.6 Å². The molecule has 0 radical (unpaired) electrons. The summed E-state index contributed by atoms with van der Waals surface area (Å²) in [5, 5.41) is 9.62. The molecule has 94 valence electrons. The van der Waals surface area contributed by atoms with Crippen molar-refractivity contribution in [3.8, 4) is 5.75 Å². The number of benzene rings is 1. The lowest BCUT2D eigenvalue weighted by Gasteiger charge is -2.08. The lowest BCUT2D eigenvalue weighted by molar-refractivity contribution is -0.142. The topological polar surface area (TPSA) is 46.5 Å². The smallest absolute Gasteiger partial charge is 0.306 e. The van der Waals surface area contributed by atoms with E-state index in [1.54, 1.807) is 0 Å². The summed E-state index contributed by atoms with van der Waals surface area (Å²) in [6.45, 7) is 4.06. The van der Waals surface area contributed by atoms with Gasteiger partial charge in [-0.15, -0.1) is 0 Å². The zero-order chi connectivity index (χ0) is 12.8. The maximum atomic E-state index is 11.3. The van der Waals surface area contributed by atoms with E-state index in [1.807, 2.05) is 26.0 Å². The van der Waals surface area contributed by atoms with Gasteiger partial charge in [-0.05, 0) is 37.0 Å². The Morgan fingerprint density at radius 2 is 1.94 bits per heavy atom. The van der Waals surface area contributed by atoms with Gasteiger partial charge < -0.3 is 9.84 Å². The van der Waals surface area contributed by atoms with Crippen molar-refractivity contribution in [2.24, 2.45) is 0 Å². The molecule has 0 amide bonds. The molecule has 17 heavy (non-hydrogen) atoms. The van der Waals surface area contributed by atoms with Gasteiger partial charge in [0.05, 0.1) is 0 Å². The monoisotopic (exact) mass is 254 g/mol. The molecule has 0 saturated carbocycles. The highest BCUT2D eigenvalue weighted by molar-refractivity contribution is 7.80. The summed E-state index contributed by atoms with van der Waals surface area (Å²) in [6.07, 6.45) is 0.991. The van der Waals surface area contributed by atoms with E-state index >= 15 is 0 Å². The van der Waals surface area contributed by atoms with Crippen molar-refractivity contribution >= 4 is 18.6 Å². The van der Waals surface area contributed by atoms with Crippen LogP contribution in [0.5, 0.6) is 5.75 Å². The Hall–Kier alpha value is -1.16. The Bertz CT molecular complexity index is 379. The van der Waals surface area contributed by atoms with Gasteiger partial charge in [-0.1, -0.05) is 12.1 Å². The van der Waals surface area contributed by atoms with Gasteiger partial charge in [-0.3, -0.25) is 4.79 Å². The normalized spacial score (nSPS) is 10.3. The molecular weight excluding hydrogens is 236 g/mol. The molecule has 0 fully saturated rings. The molecular formula is C13H18O3S. The highest BCUT2D eigenvalue weighted by atomic mass is 32.1. The molecule has 0 spiro atoms. The fourth-order valence-corrected chi connectivity index (χ4v) is 1.76. The first kappa shape index (κ1) is 13.9. The van der Waals surface area contributed by atoms with Crippen molar-refractivity contribution in [3.05, 3.63) is 28.8 Å². The van der Waals surface area contributed by atoms with Crippen LogP contribution < -0.4 is 0 Å². The number of thiol groups is 1. The minimum Gasteiger partial charge on any atom is -0.507 e. The molecule has 0 atom stereocenters. The highest BCUT2D eigenvalue weighted by Gasteiger charge is 2.06. The fraction of sp³-hybridized carbons (Fsp3) is 0.462. The van der Waals surface area contributed by atoms with Gasteiger partial charge >= 0.3 is 5.97 Å². The maximum absolute atomic E-state index is 11.3. The SMILES string of the molecule is Cc1cc(CCC(=O)OCCS)cc(C)c1O. The predicted molar refractivity (Wildman–Crippen MR) is 70.7 cm³/mol. The number of aromatic hydroxyl groups is 1. The number of hydrogen-bond acceptors (Lipinski definition) is 4. The molecule has 0 saturated heterocycles. The van der Waals surface area contributed by atoms with E-state index in [2.05, 4.69) is 12.6 Å². The number of aryl methyl sites for hydroxylation is 3. The van der Waals surface area contributed by atoms with Crippen LogP contribution in [-0.4, -0.2) is 23.4 Å². The second-order valence-electron chi connectivity index (χ2n) is 4.02. The van der Waals surface area contributed by atoms with Crippen molar-refractivity contribution in [3.63, 3.8) is 0 Å². The van der Waals surface area contributed by atoms with Crippen LogP contribution in [0.15, 0.2) is 12.1 Å². The summed E-state index contributed by atoms with van der Waals surface area (Å²) in [7, 11) is 0. The van der Waals surface area contributed by atoms with Crippen LogP contribution in [0.25, 0.3) is 0 Å². The molecule has 0 bridgehead atoms. The third-order valence-electron chi connectivity index (χ3n) is 2.52. The molecule has 0 heterocycles. The molecule has 1 aromatic rings. The standard InChI is InChI=1S/C13H18O3S/c1-9-7-11(8-10(2)13(9)15)3-4-12(14)16-5-6-17/h7-8,15,17H,3-6H2,1-2H3. The summed E-state index contributed by atoms with van der Waals surface area (Å²) >= 11 is 3.97. The maximum Gasteiger partial charge on any atom is 0.306 e. The first-order valence-electron chi connectivity index (χ1n) is 5.60. The third kappa shape index (κ3) is 4.30. The van der Waals surface area contributed by atoms with E-state index in [9.17, 15) is 9.90 Å². The number of ether oxygens (including phenoxy) is 1. The Balaban J connectivity index is 2.55. The number of carbonyl (C=O) groups excluding carboxylic acids is 1. The molecule has 0 aliphatic heterocycles. The molecule has 3 nitrogen and oxygen atoms in total. The van der Waals surface area contributed by atoms with E-state index in [0.29, 0.717) is 31.0 Å². The minimum absolute atomic E-state index is 0.206. The van der Waals surface area contributed by atoms with Crippen molar-refractivity contribution in [2.75, 3.05) is 12.4 Å². The van der Waals surface area contributed by atoms with Crippen LogP contribution in [0.1, 0.15) is 23.1 Å². The predicted octanol–water partition coefficient (Wildman–Crippen LogP) is 2.41. The van der Waals surface area contributed by atoms with Crippen molar-refractivity contribution in [2.45, 2.75) is 26.7 Å². The molecule has 0 aliphatic carbocycles. The van der Waals surface area contributed by atoms with E-state index in [1.165, 1.54) is 0 Å². The molecule has 0 aliphatic rings. The molecule has 0 aromatic heterocycles. The highest BCUT2D eigenvalue weighted by Crippen LogP contribution is 2.23. The number of esters is 1. The quantitative estimate of drug-likeness (QED) is 0.626.